The molecule has 2 N–H and O–H groups in total. The van der Waals surface area contributed by atoms with Crippen molar-refractivity contribution in [3.63, 3.8) is 0 Å². The molecule has 0 amide bonds. The van der Waals surface area contributed by atoms with Gasteiger partial charge in [0.05, 0.1) is 12.2 Å². The standard InChI is InChI=1S/C16H30N2O3/c1-4-16(15(19)20,17-12(2)3)8-5-9-18-10-13-6-7-14(11-18)21-13/h12-14,17H,4-11H2,1-3H3,(H,19,20). The SMILES string of the molecule is CCC(CCCN1CC2CCC(C1)O2)(NC(C)C)C(=O)O. The van der Waals surface area contributed by atoms with E-state index in [0.29, 0.717) is 25.0 Å². The lowest BCUT2D eigenvalue weighted by Gasteiger charge is -2.35. The van der Waals surface area contributed by atoms with Crippen molar-refractivity contribution in [3.8, 4) is 0 Å². The molecule has 2 heterocycles. The molecule has 2 aliphatic heterocycles. The van der Waals surface area contributed by atoms with E-state index in [4.69, 9.17) is 4.74 Å². The topological polar surface area (TPSA) is 61.8 Å². The van der Waals surface area contributed by atoms with Crippen molar-refractivity contribution in [1.29, 1.82) is 0 Å². The Morgan fingerprint density at radius 3 is 2.48 bits per heavy atom. The number of rotatable bonds is 8. The van der Waals surface area contributed by atoms with Gasteiger partial charge in [-0.25, -0.2) is 0 Å². The molecule has 0 aliphatic carbocycles. The van der Waals surface area contributed by atoms with E-state index in [1.165, 1.54) is 12.8 Å². The fourth-order valence-electron chi connectivity index (χ4n) is 3.71. The summed E-state index contributed by atoms with van der Waals surface area (Å²) in [6, 6.07) is 0.181. The van der Waals surface area contributed by atoms with E-state index in [9.17, 15) is 9.90 Å². The quantitative estimate of drug-likeness (QED) is 0.716. The fraction of sp³-hybridized carbons (Fsp3) is 0.938. The van der Waals surface area contributed by atoms with Gasteiger partial charge in [-0.3, -0.25) is 15.0 Å². The summed E-state index contributed by atoms with van der Waals surface area (Å²) >= 11 is 0. The maximum absolute atomic E-state index is 11.7. The number of aliphatic carboxylic acids is 1. The fourth-order valence-corrected chi connectivity index (χ4v) is 3.71. The average Bonchev–Trinajstić information content (AvgIpc) is 2.76. The van der Waals surface area contributed by atoms with Gasteiger partial charge in [0.15, 0.2) is 0 Å². The Balaban J connectivity index is 1.82. The summed E-state index contributed by atoms with van der Waals surface area (Å²) in [7, 11) is 0. The average molecular weight is 298 g/mol. The van der Waals surface area contributed by atoms with Crippen LogP contribution < -0.4 is 5.32 Å². The lowest BCUT2D eigenvalue weighted by atomic mass is 9.89. The van der Waals surface area contributed by atoms with E-state index in [2.05, 4.69) is 10.2 Å². The molecule has 3 unspecified atom stereocenters. The largest absolute Gasteiger partial charge is 0.480 e. The van der Waals surface area contributed by atoms with Crippen molar-refractivity contribution >= 4 is 5.97 Å². The number of nitrogens with one attached hydrogen (secondary N) is 1. The van der Waals surface area contributed by atoms with Crippen molar-refractivity contribution in [2.24, 2.45) is 0 Å². The zero-order valence-corrected chi connectivity index (χ0v) is 13.6. The van der Waals surface area contributed by atoms with E-state index in [-0.39, 0.29) is 6.04 Å². The molecule has 122 valence electrons. The number of hydrogen-bond acceptors (Lipinski definition) is 4. The van der Waals surface area contributed by atoms with Crippen molar-refractivity contribution in [2.75, 3.05) is 19.6 Å². The van der Waals surface area contributed by atoms with Gasteiger partial charge in [0.25, 0.3) is 0 Å². The molecule has 2 bridgehead atoms. The van der Waals surface area contributed by atoms with Gasteiger partial charge < -0.3 is 9.84 Å². The van der Waals surface area contributed by atoms with Gasteiger partial charge in [-0.2, -0.15) is 0 Å². The molecule has 2 fully saturated rings. The summed E-state index contributed by atoms with van der Waals surface area (Å²) in [6.45, 7) is 8.98. The molecule has 5 nitrogen and oxygen atoms in total. The Kier molecular flexibility index (Phi) is 5.63. The second kappa shape index (κ2) is 7.07. The third kappa shape index (κ3) is 4.18. The highest BCUT2D eigenvalue weighted by Crippen LogP contribution is 2.27. The van der Waals surface area contributed by atoms with Gasteiger partial charge in [-0.15, -0.1) is 0 Å². The zero-order chi connectivity index (χ0) is 15.5. The molecular weight excluding hydrogens is 268 g/mol. The van der Waals surface area contributed by atoms with Crippen LogP contribution in [0.4, 0.5) is 0 Å². The van der Waals surface area contributed by atoms with Crippen LogP contribution in [0.1, 0.15) is 52.9 Å². The molecule has 0 saturated carbocycles. The summed E-state index contributed by atoms with van der Waals surface area (Å²) in [5, 5.41) is 12.9. The summed E-state index contributed by atoms with van der Waals surface area (Å²) in [6.07, 6.45) is 5.41. The van der Waals surface area contributed by atoms with E-state index in [1.807, 2.05) is 20.8 Å². The van der Waals surface area contributed by atoms with Crippen molar-refractivity contribution < 1.29 is 14.6 Å². The Morgan fingerprint density at radius 1 is 1.38 bits per heavy atom. The Labute approximate surface area is 128 Å². The number of nitrogens with zero attached hydrogens (tertiary/aromatic N) is 1. The molecule has 0 spiro atoms. The summed E-state index contributed by atoms with van der Waals surface area (Å²) in [5.41, 5.74) is -0.778. The second-order valence-electron chi connectivity index (χ2n) is 6.86. The lowest BCUT2D eigenvalue weighted by Crippen LogP contribution is -2.54. The first-order valence-corrected chi connectivity index (χ1v) is 8.34. The molecule has 3 atom stereocenters. The van der Waals surface area contributed by atoms with Crippen LogP contribution >= 0.6 is 0 Å². The van der Waals surface area contributed by atoms with Crippen molar-refractivity contribution in [2.45, 2.75) is 76.7 Å². The molecule has 0 aromatic rings. The minimum absolute atomic E-state index is 0.181. The molecule has 2 saturated heterocycles. The molecule has 2 rings (SSSR count). The molecule has 5 heteroatoms. The maximum Gasteiger partial charge on any atom is 0.323 e. The zero-order valence-electron chi connectivity index (χ0n) is 13.6. The Bertz CT molecular complexity index is 349. The smallest absolute Gasteiger partial charge is 0.323 e. The van der Waals surface area contributed by atoms with Crippen LogP contribution in [0.2, 0.25) is 0 Å². The monoisotopic (exact) mass is 298 g/mol. The van der Waals surface area contributed by atoms with Gasteiger partial charge >= 0.3 is 5.97 Å². The maximum atomic E-state index is 11.7. The van der Waals surface area contributed by atoms with E-state index in [1.54, 1.807) is 0 Å². The van der Waals surface area contributed by atoms with Crippen LogP contribution in [0.5, 0.6) is 0 Å². The van der Waals surface area contributed by atoms with E-state index >= 15 is 0 Å². The van der Waals surface area contributed by atoms with E-state index in [0.717, 1.165) is 26.1 Å². The molecule has 0 aromatic carbocycles. The number of ether oxygens (including phenoxy) is 1. The highest BCUT2D eigenvalue weighted by molar-refractivity contribution is 5.78. The van der Waals surface area contributed by atoms with E-state index < -0.39 is 11.5 Å². The van der Waals surface area contributed by atoms with Crippen LogP contribution in [0.3, 0.4) is 0 Å². The number of carbonyl (C=O) groups is 1. The molecule has 0 aromatic heterocycles. The van der Waals surface area contributed by atoms with Gasteiger partial charge in [0.2, 0.25) is 0 Å². The molecule has 21 heavy (non-hydrogen) atoms. The minimum Gasteiger partial charge on any atom is -0.480 e. The number of morpholine rings is 1. The van der Waals surface area contributed by atoms with Crippen molar-refractivity contribution in [1.82, 2.24) is 10.2 Å². The number of hydrogen-bond donors (Lipinski definition) is 2. The van der Waals surface area contributed by atoms with Crippen LogP contribution in [-0.4, -0.2) is 59.4 Å². The first-order chi connectivity index (χ1) is 9.95. The normalized spacial score (nSPS) is 28.8. The predicted octanol–water partition coefficient (Wildman–Crippen LogP) is 1.86. The number of carboxylic acids is 1. The molecule has 2 aliphatic rings. The van der Waals surface area contributed by atoms with Crippen LogP contribution in [0.15, 0.2) is 0 Å². The lowest BCUT2D eigenvalue weighted by molar-refractivity contribution is -0.146. The minimum atomic E-state index is -0.778. The van der Waals surface area contributed by atoms with Crippen molar-refractivity contribution in [3.05, 3.63) is 0 Å². The number of fused-ring (bicyclic) bond motifs is 2. The van der Waals surface area contributed by atoms with Crippen LogP contribution in [0, 0.1) is 0 Å². The highest BCUT2D eigenvalue weighted by atomic mass is 16.5. The van der Waals surface area contributed by atoms with Crippen LogP contribution in [-0.2, 0) is 9.53 Å². The summed E-state index contributed by atoms with van der Waals surface area (Å²) in [4.78, 5) is 14.1. The molecule has 0 radical (unpaired) electrons. The summed E-state index contributed by atoms with van der Waals surface area (Å²) < 4.78 is 5.84. The third-order valence-electron chi connectivity index (χ3n) is 4.77. The third-order valence-corrected chi connectivity index (χ3v) is 4.77. The first-order valence-electron chi connectivity index (χ1n) is 8.34. The second-order valence-corrected chi connectivity index (χ2v) is 6.86. The summed E-state index contributed by atoms with van der Waals surface area (Å²) in [5.74, 6) is -0.722. The Hall–Kier alpha value is -0.650. The molecular formula is C16H30N2O3. The van der Waals surface area contributed by atoms with Gasteiger partial charge in [0.1, 0.15) is 5.54 Å². The first kappa shape index (κ1) is 16.7. The van der Waals surface area contributed by atoms with Gasteiger partial charge in [-0.1, -0.05) is 6.92 Å². The van der Waals surface area contributed by atoms with Gasteiger partial charge in [0, 0.05) is 19.1 Å². The van der Waals surface area contributed by atoms with Gasteiger partial charge in [-0.05, 0) is 52.5 Å². The highest BCUT2D eigenvalue weighted by Gasteiger charge is 2.37. The number of likely N-dealkylation sites (tertiary alicyclic amines) is 1. The number of carboxylic acid groups (broad SMARTS) is 1. The Morgan fingerprint density at radius 2 is 2.00 bits per heavy atom. The van der Waals surface area contributed by atoms with Crippen LogP contribution in [0.25, 0.3) is 0 Å². The predicted molar refractivity (Wildman–Crippen MR) is 82.5 cm³/mol.